The van der Waals surface area contributed by atoms with Crippen molar-refractivity contribution < 1.29 is 19.1 Å². The molecule has 1 aromatic carbocycles. The lowest BCUT2D eigenvalue weighted by molar-refractivity contribution is -0.136. The van der Waals surface area contributed by atoms with E-state index < -0.39 is 11.8 Å². The molecule has 1 aliphatic rings. The van der Waals surface area contributed by atoms with Crippen molar-refractivity contribution in [3.63, 3.8) is 0 Å². The predicted molar refractivity (Wildman–Crippen MR) is 104 cm³/mol. The Kier molecular flexibility index (Phi) is 7.21. The molecular weight excluding hydrogens is 346 g/mol. The summed E-state index contributed by atoms with van der Waals surface area (Å²) in [6.07, 6.45) is 0.861. The van der Waals surface area contributed by atoms with E-state index in [0.29, 0.717) is 38.2 Å². The van der Waals surface area contributed by atoms with Crippen LogP contribution in [0, 0.1) is 6.92 Å². The summed E-state index contributed by atoms with van der Waals surface area (Å²) in [5.41, 5.74) is 2.62. The van der Waals surface area contributed by atoms with Crippen LogP contribution in [0.5, 0.6) is 0 Å². The third kappa shape index (κ3) is 5.45. The van der Waals surface area contributed by atoms with E-state index in [2.05, 4.69) is 10.6 Å². The number of hydrogen-bond donors (Lipinski definition) is 2. The Bertz CT molecular complexity index is 694. The van der Waals surface area contributed by atoms with Crippen molar-refractivity contribution in [3.05, 3.63) is 29.3 Å². The van der Waals surface area contributed by atoms with E-state index >= 15 is 0 Å². The molecule has 1 heterocycles. The van der Waals surface area contributed by atoms with Gasteiger partial charge in [-0.15, -0.1) is 0 Å². The van der Waals surface area contributed by atoms with Gasteiger partial charge < -0.3 is 20.3 Å². The summed E-state index contributed by atoms with van der Waals surface area (Å²) in [6, 6.07) is 5.67. The first-order chi connectivity index (χ1) is 12.8. The topological polar surface area (TPSA) is 87.7 Å². The smallest absolute Gasteiger partial charge is 0.409 e. The number of aryl methyl sites for hydroxylation is 1. The third-order valence-electron chi connectivity index (χ3n) is 4.73. The molecule has 2 rings (SSSR count). The van der Waals surface area contributed by atoms with Crippen LogP contribution in [0.3, 0.4) is 0 Å². The maximum Gasteiger partial charge on any atom is 0.409 e. The molecule has 148 valence electrons. The van der Waals surface area contributed by atoms with Gasteiger partial charge in [0.2, 0.25) is 0 Å². The van der Waals surface area contributed by atoms with E-state index in [4.69, 9.17) is 4.74 Å². The van der Waals surface area contributed by atoms with Gasteiger partial charge in [0, 0.05) is 24.8 Å². The Morgan fingerprint density at radius 3 is 2.44 bits per heavy atom. The van der Waals surface area contributed by atoms with Gasteiger partial charge in [-0.25, -0.2) is 4.79 Å². The average Bonchev–Trinajstić information content (AvgIpc) is 2.63. The van der Waals surface area contributed by atoms with E-state index in [-0.39, 0.29) is 18.1 Å². The highest BCUT2D eigenvalue weighted by Crippen LogP contribution is 2.27. The zero-order valence-corrected chi connectivity index (χ0v) is 16.5. The number of piperidine rings is 1. The molecule has 1 fully saturated rings. The van der Waals surface area contributed by atoms with Crippen LogP contribution < -0.4 is 10.6 Å². The van der Waals surface area contributed by atoms with E-state index in [1.54, 1.807) is 11.8 Å². The van der Waals surface area contributed by atoms with Crippen LogP contribution >= 0.6 is 0 Å². The van der Waals surface area contributed by atoms with E-state index in [9.17, 15) is 14.4 Å². The number of carbonyl (C=O) groups is 3. The van der Waals surface area contributed by atoms with Crippen molar-refractivity contribution in [2.24, 2.45) is 0 Å². The van der Waals surface area contributed by atoms with Crippen LogP contribution in [0.2, 0.25) is 0 Å². The maximum absolute atomic E-state index is 12.4. The second-order valence-electron chi connectivity index (χ2n) is 7.08. The summed E-state index contributed by atoms with van der Waals surface area (Å²) in [5.74, 6) is -1.09. The molecule has 0 atom stereocenters. The fourth-order valence-corrected chi connectivity index (χ4v) is 3.18. The molecule has 27 heavy (non-hydrogen) atoms. The number of nitrogens with one attached hydrogen (secondary N) is 2. The molecule has 0 unspecified atom stereocenters. The van der Waals surface area contributed by atoms with Crippen molar-refractivity contribution in [1.82, 2.24) is 10.2 Å². The number of rotatable bonds is 4. The second-order valence-corrected chi connectivity index (χ2v) is 7.08. The molecule has 0 spiro atoms. The first kappa shape index (κ1) is 20.7. The summed E-state index contributed by atoms with van der Waals surface area (Å²) in [4.78, 5) is 38.0. The SMILES string of the molecule is CCOC(=O)N1CCC(NC(=O)C(=O)Nc2c(C)cccc2C(C)C)CC1. The fourth-order valence-electron chi connectivity index (χ4n) is 3.18. The number of ether oxygens (including phenoxy) is 1. The minimum atomic E-state index is -0.668. The van der Waals surface area contributed by atoms with Crippen LogP contribution in [-0.4, -0.2) is 48.5 Å². The van der Waals surface area contributed by atoms with Gasteiger partial charge in [0.15, 0.2) is 0 Å². The molecule has 0 bridgehead atoms. The lowest BCUT2D eigenvalue weighted by Crippen LogP contribution is -2.49. The van der Waals surface area contributed by atoms with Crippen molar-refractivity contribution in [2.75, 3.05) is 25.0 Å². The minimum absolute atomic E-state index is 0.129. The summed E-state index contributed by atoms with van der Waals surface area (Å²) < 4.78 is 4.98. The minimum Gasteiger partial charge on any atom is -0.450 e. The number of likely N-dealkylation sites (tertiary alicyclic amines) is 1. The second kappa shape index (κ2) is 9.39. The number of hydrogen-bond acceptors (Lipinski definition) is 4. The van der Waals surface area contributed by atoms with Gasteiger partial charge in [-0.05, 0) is 43.7 Å². The standard InChI is InChI=1S/C20H29N3O4/c1-5-27-20(26)23-11-9-15(10-12-23)21-18(24)19(25)22-17-14(4)7-6-8-16(17)13(2)3/h6-8,13,15H,5,9-12H2,1-4H3,(H,21,24)(H,22,25). The van der Waals surface area contributed by atoms with Crippen LogP contribution in [0.25, 0.3) is 0 Å². The van der Waals surface area contributed by atoms with Crippen molar-refractivity contribution in [3.8, 4) is 0 Å². The maximum atomic E-state index is 12.4. The number of amides is 3. The molecule has 0 radical (unpaired) electrons. The number of benzene rings is 1. The van der Waals surface area contributed by atoms with Gasteiger partial charge >= 0.3 is 17.9 Å². The van der Waals surface area contributed by atoms with E-state index in [1.165, 1.54) is 0 Å². The molecule has 7 heteroatoms. The lowest BCUT2D eigenvalue weighted by Gasteiger charge is -2.31. The number of nitrogens with zero attached hydrogens (tertiary/aromatic N) is 1. The molecule has 3 amide bonds. The summed E-state index contributed by atoms with van der Waals surface area (Å²) in [5, 5.41) is 5.53. The highest BCUT2D eigenvalue weighted by molar-refractivity contribution is 6.39. The highest BCUT2D eigenvalue weighted by atomic mass is 16.6. The molecule has 0 aliphatic carbocycles. The largest absolute Gasteiger partial charge is 0.450 e. The monoisotopic (exact) mass is 375 g/mol. The van der Waals surface area contributed by atoms with Gasteiger partial charge in [0.1, 0.15) is 0 Å². The molecule has 7 nitrogen and oxygen atoms in total. The van der Waals surface area contributed by atoms with Crippen LogP contribution in [-0.2, 0) is 14.3 Å². The third-order valence-corrected chi connectivity index (χ3v) is 4.73. The van der Waals surface area contributed by atoms with Gasteiger partial charge in [0.05, 0.1) is 6.61 Å². The Morgan fingerprint density at radius 1 is 1.19 bits per heavy atom. The molecule has 0 saturated carbocycles. The summed E-state index contributed by atoms with van der Waals surface area (Å²) in [7, 11) is 0. The molecular formula is C20H29N3O4. The number of anilines is 1. The Balaban J connectivity index is 1.91. The van der Waals surface area contributed by atoms with Crippen molar-refractivity contribution in [1.29, 1.82) is 0 Å². The summed E-state index contributed by atoms with van der Waals surface area (Å²) >= 11 is 0. The Morgan fingerprint density at radius 2 is 1.85 bits per heavy atom. The van der Waals surface area contributed by atoms with Gasteiger partial charge in [0.25, 0.3) is 0 Å². The normalized spacial score (nSPS) is 14.8. The van der Waals surface area contributed by atoms with Crippen LogP contribution in [0.1, 0.15) is 50.7 Å². The zero-order valence-electron chi connectivity index (χ0n) is 16.5. The number of carbonyl (C=O) groups excluding carboxylic acids is 3. The summed E-state index contributed by atoms with van der Waals surface area (Å²) in [6.45, 7) is 9.10. The van der Waals surface area contributed by atoms with Gasteiger partial charge in [-0.2, -0.15) is 0 Å². The molecule has 1 saturated heterocycles. The van der Waals surface area contributed by atoms with Crippen LogP contribution in [0.15, 0.2) is 18.2 Å². The lowest BCUT2D eigenvalue weighted by atomic mass is 9.98. The van der Waals surface area contributed by atoms with Gasteiger partial charge in [-0.3, -0.25) is 9.59 Å². The fraction of sp³-hybridized carbons (Fsp3) is 0.550. The zero-order chi connectivity index (χ0) is 20.0. The molecule has 0 aromatic heterocycles. The number of para-hydroxylation sites is 1. The Hall–Kier alpha value is -2.57. The predicted octanol–water partition coefficient (Wildman–Crippen LogP) is 2.79. The van der Waals surface area contributed by atoms with Gasteiger partial charge in [-0.1, -0.05) is 32.0 Å². The van der Waals surface area contributed by atoms with Crippen molar-refractivity contribution >= 4 is 23.6 Å². The molecule has 1 aromatic rings. The molecule has 1 aliphatic heterocycles. The van der Waals surface area contributed by atoms with E-state index in [0.717, 1.165) is 11.1 Å². The molecule has 2 N–H and O–H groups in total. The average molecular weight is 375 g/mol. The van der Waals surface area contributed by atoms with Crippen LogP contribution in [0.4, 0.5) is 10.5 Å². The first-order valence-electron chi connectivity index (χ1n) is 9.46. The first-order valence-corrected chi connectivity index (χ1v) is 9.46. The van der Waals surface area contributed by atoms with E-state index in [1.807, 2.05) is 39.0 Å². The Labute approximate surface area is 160 Å². The highest BCUT2D eigenvalue weighted by Gasteiger charge is 2.26. The van der Waals surface area contributed by atoms with Crippen molar-refractivity contribution in [2.45, 2.75) is 52.5 Å². The quantitative estimate of drug-likeness (QED) is 0.792.